The molecular formula is C31H37N7O5. The quantitative estimate of drug-likeness (QED) is 0.382. The van der Waals surface area contributed by atoms with E-state index in [0.29, 0.717) is 37.4 Å². The monoisotopic (exact) mass is 587 g/mol. The lowest BCUT2D eigenvalue weighted by atomic mass is 9.65. The van der Waals surface area contributed by atoms with Gasteiger partial charge in [0.2, 0.25) is 0 Å². The summed E-state index contributed by atoms with van der Waals surface area (Å²) in [5, 5.41) is 10.2. The van der Waals surface area contributed by atoms with E-state index in [2.05, 4.69) is 39.2 Å². The van der Waals surface area contributed by atoms with Crippen molar-refractivity contribution in [1.29, 1.82) is 0 Å². The number of hydrogen-bond donors (Lipinski definition) is 2. The number of hydrogen-bond acceptors (Lipinski definition) is 8. The molecule has 2 aromatic heterocycles. The summed E-state index contributed by atoms with van der Waals surface area (Å²) in [7, 11) is 3.11. The zero-order valence-electron chi connectivity index (χ0n) is 25.0. The number of aromatic nitrogens is 3. The van der Waals surface area contributed by atoms with Crippen molar-refractivity contribution in [1.82, 2.24) is 25.2 Å². The first-order valence-corrected chi connectivity index (χ1v) is 14.2. The predicted molar refractivity (Wildman–Crippen MR) is 161 cm³/mol. The van der Waals surface area contributed by atoms with Crippen molar-refractivity contribution < 1.29 is 23.9 Å². The molecule has 43 heavy (non-hydrogen) atoms. The van der Waals surface area contributed by atoms with Gasteiger partial charge in [0.15, 0.2) is 5.65 Å². The molecule has 226 valence electrons. The van der Waals surface area contributed by atoms with Gasteiger partial charge in [-0.25, -0.2) is 9.50 Å². The highest BCUT2D eigenvalue weighted by Crippen LogP contribution is 2.45. The van der Waals surface area contributed by atoms with E-state index in [1.54, 1.807) is 19.3 Å². The molecular weight excluding hydrogens is 550 g/mol. The molecule has 0 bridgehead atoms. The summed E-state index contributed by atoms with van der Waals surface area (Å²) in [6, 6.07) is 8.73. The lowest BCUT2D eigenvalue weighted by Crippen LogP contribution is -2.43. The Morgan fingerprint density at radius 2 is 1.88 bits per heavy atom. The van der Waals surface area contributed by atoms with Crippen LogP contribution in [-0.4, -0.2) is 65.5 Å². The highest BCUT2D eigenvalue weighted by atomic mass is 16.5. The van der Waals surface area contributed by atoms with Gasteiger partial charge in [-0.15, -0.1) is 0 Å². The van der Waals surface area contributed by atoms with Crippen LogP contribution in [0.15, 0.2) is 54.3 Å². The van der Waals surface area contributed by atoms with Gasteiger partial charge >= 0.3 is 5.97 Å². The molecule has 0 unspecified atom stereocenters. The van der Waals surface area contributed by atoms with E-state index in [0.717, 1.165) is 29.9 Å². The van der Waals surface area contributed by atoms with E-state index in [4.69, 9.17) is 9.47 Å². The number of methoxy groups -OCH3 is 1. The number of ether oxygens (including phenoxy) is 2. The Balaban J connectivity index is 1.27. The van der Waals surface area contributed by atoms with Crippen LogP contribution in [0.2, 0.25) is 0 Å². The molecule has 1 fully saturated rings. The molecule has 0 saturated heterocycles. The normalized spacial score (nSPS) is 22.4. The molecule has 1 saturated carbocycles. The van der Waals surface area contributed by atoms with Crippen LogP contribution in [0, 0.1) is 10.8 Å². The number of benzene rings is 1. The summed E-state index contributed by atoms with van der Waals surface area (Å²) in [6.45, 7) is 8.92. The molecule has 0 atom stereocenters. The molecule has 1 aromatic carbocycles. The van der Waals surface area contributed by atoms with Gasteiger partial charge in [0.1, 0.15) is 29.6 Å². The van der Waals surface area contributed by atoms with Crippen molar-refractivity contribution in [2.75, 3.05) is 32.2 Å². The van der Waals surface area contributed by atoms with Gasteiger partial charge in [0, 0.05) is 38.5 Å². The van der Waals surface area contributed by atoms with Gasteiger partial charge in [-0.2, -0.15) is 5.10 Å². The average molecular weight is 588 g/mol. The third kappa shape index (κ3) is 5.95. The molecule has 3 aromatic rings. The molecule has 5 rings (SSSR count). The maximum Gasteiger partial charge on any atom is 0.311 e. The average Bonchev–Trinajstić information content (AvgIpc) is 3.51. The highest BCUT2D eigenvalue weighted by Gasteiger charge is 2.43. The fourth-order valence-electron chi connectivity index (χ4n) is 5.59. The second-order valence-corrected chi connectivity index (χ2v) is 11.6. The minimum absolute atomic E-state index is 0.102. The fraction of sp³-hybridized carbons (Fsp3) is 0.419. The smallest absolute Gasteiger partial charge is 0.311 e. The maximum absolute atomic E-state index is 13.4. The Morgan fingerprint density at radius 1 is 1.12 bits per heavy atom. The Bertz CT molecular complexity index is 1600. The van der Waals surface area contributed by atoms with Gasteiger partial charge in [-0.1, -0.05) is 19.6 Å². The number of aliphatic imine (C=N–C) groups is 1. The van der Waals surface area contributed by atoms with Crippen LogP contribution in [0.5, 0.6) is 5.75 Å². The van der Waals surface area contributed by atoms with Crippen LogP contribution < -0.4 is 20.3 Å². The minimum Gasteiger partial charge on any atom is -0.483 e. The lowest BCUT2D eigenvalue weighted by molar-refractivity contribution is -0.155. The van der Waals surface area contributed by atoms with Gasteiger partial charge in [0.25, 0.3) is 11.8 Å². The number of carbonyl (C=O) groups is 3. The SMILES string of the molecule is C=CN1C(=NC)COc2ccc(CNC(=O)c3cc(C(=O)NCC4(C)CCC(C)(C(=O)OC)CC4)n4nccc4n3)cc21. The summed E-state index contributed by atoms with van der Waals surface area (Å²) < 4.78 is 12.2. The zero-order valence-corrected chi connectivity index (χ0v) is 25.0. The maximum atomic E-state index is 13.4. The van der Waals surface area contributed by atoms with E-state index in [1.165, 1.54) is 23.9 Å². The van der Waals surface area contributed by atoms with E-state index in [9.17, 15) is 14.4 Å². The Labute approximate surface area is 250 Å². The highest BCUT2D eigenvalue weighted by molar-refractivity contribution is 6.03. The summed E-state index contributed by atoms with van der Waals surface area (Å²) >= 11 is 0. The molecule has 1 aliphatic heterocycles. The van der Waals surface area contributed by atoms with E-state index in [1.807, 2.05) is 30.0 Å². The predicted octanol–water partition coefficient (Wildman–Crippen LogP) is 3.52. The Morgan fingerprint density at radius 3 is 2.58 bits per heavy atom. The summed E-state index contributed by atoms with van der Waals surface area (Å²) in [5.74, 6) is 0.446. The number of rotatable bonds is 8. The van der Waals surface area contributed by atoms with Crippen LogP contribution in [-0.2, 0) is 16.1 Å². The Kier molecular flexibility index (Phi) is 8.21. The van der Waals surface area contributed by atoms with Crippen LogP contribution >= 0.6 is 0 Å². The number of fused-ring (bicyclic) bond motifs is 2. The molecule has 2 amide bonds. The minimum atomic E-state index is -0.503. The first-order valence-electron chi connectivity index (χ1n) is 14.2. The molecule has 2 N–H and O–H groups in total. The standard InChI is InChI=1S/C31H37N7O5/c1-6-37-22-15-20(7-8-24(22)43-18-26(37)32-4)17-33-27(39)21-16-23(38-25(36-21)9-14-35-38)28(40)34-19-30(2)10-12-31(3,13-11-30)29(41)42-5/h6-9,14-16H,1,10-13,17-19H2,2-5H3,(H,33,39)(H,34,40). The number of amides is 2. The number of nitrogens with one attached hydrogen (secondary N) is 2. The van der Waals surface area contributed by atoms with Gasteiger partial charge < -0.3 is 20.1 Å². The van der Waals surface area contributed by atoms with E-state index >= 15 is 0 Å². The summed E-state index contributed by atoms with van der Waals surface area (Å²) in [5.41, 5.74) is 1.64. The number of esters is 1. The molecule has 12 nitrogen and oxygen atoms in total. The van der Waals surface area contributed by atoms with Crippen LogP contribution in [0.4, 0.5) is 5.69 Å². The third-order valence-electron chi connectivity index (χ3n) is 8.55. The molecule has 2 aliphatic rings. The largest absolute Gasteiger partial charge is 0.483 e. The fourth-order valence-corrected chi connectivity index (χ4v) is 5.59. The van der Waals surface area contributed by atoms with Crippen LogP contribution in [0.3, 0.4) is 0 Å². The number of nitrogens with zero attached hydrogens (tertiary/aromatic N) is 5. The first-order chi connectivity index (χ1) is 20.6. The lowest BCUT2D eigenvalue weighted by Gasteiger charge is -2.41. The van der Waals surface area contributed by atoms with E-state index in [-0.39, 0.29) is 35.2 Å². The van der Waals surface area contributed by atoms with Crippen molar-refractivity contribution in [3.8, 4) is 5.75 Å². The van der Waals surface area contributed by atoms with Crippen molar-refractivity contribution in [3.05, 3.63) is 66.3 Å². The topological polar surface area (TPSA) is 140 Å². The molecule has 1 aliphatic carbocycles. The zero-order chi connectivity index (χ0) is 30.8. The van der Waals surface area contributed by atoms with Gasteiger partial charge in [-0.3, -0.25) is 24.3 Å². The van der Waals surface area contributed by atoms with Crippen LogP contribution in [0.25, 0.3) is 5.65 Å². The number of carbonyl (C=O) groups excluding carboxylic acids is 3. The Hall–Kier alpha value is -4.74. The summed E-state index contributed by atoms with van der Waals surface area (Å²) in [6.07, 6.45) is 6.12. The van der Waals surface area contributed by atoms with Crippen molar-refractivity contribution in [2.45, 2.75) is 46.1 Å². The first kappa shape index (κ1) is 29.7. The summed E-state index contributed by atoms with van der Waals surface area (Å²) in [4.78, 5) is 49.4. The van der Waals surface area contributed by atoms with Gasteiger partial charge in [0.05, 0.1) is 24.4 Å². The molecule has 0 spiro atoms. The van der Waals surface area contributed by atoms with Gasteiger partial charge in [-0.05, 0) is 55.7 Å². The molecule has 12 heteroatoms. The second-order valence-electron chi connectivity index (χ2n) is 11.6. The van der Waals surface area contributed by atoms with Crippen molar-refractivity contribution in [3.63, 3.8) is 0 Å². The third-order valence-corrected chi connectivity index (χ3v) is 8.55. The van der Waals surface area contributed by atoms with E-state index < -0.39 is 11.3 Å². The molecule has 3 heterocycles. The van der Waals surface area contributed by atoms with Crippen molar-refractivity contribution in [2.24, 2.45) is 15.8 Å². The number of amidine groups is 1. The van der Waals surface area contributed by atoms with Crippen molar-refractivity contribution >= 4 is 35.0 Å². The molecule has 0 radical (unpaired) electrons. The number of anilines is 1. The second kappa shape index (κ2) is 11.9. The van der Waals surface area contributed by atoms with Crippen LogP contribution in [0.1, 0.15) is 66.1 Å².